The van der Waals surface area contributed by atoms with Gasteiger partial charge in [0.2, 0.25) is 0 Å². The van der Waals surface area contributed by atoms with Gasteiger partial charge >= 0.3 is 0 Å². The van der Waals surface area contributed by atoms with Crippen molar-refractivity contribution in [3.8, 4) is 0 Å². The van der Waals surface area contributed by atoms with Gasteiger partial charge in [-0.25, -0.2) is 0 Å². The van der Waals surface area contributed by atoms with Crippen molar-refractivity contribution in [2.24, 2.45) is 5.92 Å². The van der Waals surface area contributed by atoms with E-state index >= 15 is 0 Å². The number of hydrogen-bond donors (Lipinski definition) is 0. The summed E-state index contributed by atoms with van der Waals surface area (Å²) >= 11 is 0. The molecule has 0 aliphatic heterocycles. The third-order valence-electron chi connectivity index (χ3n) is 2.52. The molecule has 0 aromatic heterocycles. The molecule has 0 aromatic carbocycles. The predicted octanol–water partition coefficient (Wildman–Crippen LogP) is 1.70. The van der Waals surface area contributed by atoms with Gasteiger partial charge in [-0.1, -0.05) is 12.8 Å². The number of Topliss-reactive ketones (excluding diaryl/α,β-unsaturated/α-hetero) is 1. The van der Waals surface area contributed by atoms with Crippen molar-refractivity contribution in [1.29, 1.82) is 0 Å². The molecule has 0 amide bonds. The monoisotopic (exact) mass is 169 g/mol. The molecule has 1 saturated carbocycles. The first kappa shape index (κ1) is 9.72. The molecule has 0 radical (unpaired) electrons. The van der Waals surface area contributed by atoms with Gasteiger partial charge in [0.05, 0.1) is 0 Å². The molecule has 0 aromatic rings. The third-order valence-corrected chi connectivity index (χ3v) is 2.52. The molecule has 0 bridgehead atoms. The van der Waals surface area contributed by atoms with Crippen molar-refractivity contribution >= 4 is 5.78 Å². The second kappa shape index (κ2) is 4.61. The third kappa shape index (κ3) is 2.94. The molecule has 1 unspecified atom stereocenters. The maximum absolute atomic E-state index is 11.5. The molecule has 70 valence electrons. The van der Waals surface area contributed by atoms with E-state index in [1.54, 1.807) is 0 Å². The van der Waals surface area contributed by atoms with Gasteiger partial charge in [-0.05, 0) is 26.9 Å². The van der Waals surface area contributed by atoms with E-state index in [0.29, 0.717) is 11.7 Å². The van der Waals surface area contributed by atoms with Gasteiger partial charge in [0.15, 0.2) is 0 Å². The van der Waals surface area contributed by atoms with Crippen LogP contribution in [0.5, 0.6) is 0 Å². The van der Waals surface area contributed by atoms with Crippen molar-refractivity contribution in [3.05, 3.63) is 0 Å². The average Bonchev–Trinajstić information content (AvgIpc) is 2.16. The van der Waals surface area contributed by atoms with E-state index in [0.717, 1.165) is 25.8 Å². The fraction of sp³-hybridized carbons (Fsp3) is 0.900. The number of ketones is 1. The lowest BCUT2D eigenvalue weighted by Crippen LogP contribution is -2.26. The Morgan fingerprint density at radius 1 is 1.33 bits per heavy atom. The summed E-state index contributed by atoms with van der Waals surface area (Å²) in [6.45, 7) is 0.943. The second-order valence-corrected chi connectivity index (χ2v) is 4.02. The maximum atomic E-state index is 11.5. The lowest BCUT2D eigenvalue weighted by Gasteiger charge is -2.17. The summed E-state index contributed by atoms with van der Waals surface area (Å²) < 4.78 is 0. The number of nitrogens with zero attached hydrogens (tertiary/aromatic N) is 1. The topological polar surface area (TPSA) is 20.3 Å². The summed E-state index contributed by atoms with van der Waals surface area (Å²) in [7, 11) is 4.08. The van der Waals surface area contributed by atoms with Crippen LogP contribution in [0.15, 0.2) is 0 Å². The minimum absolute atomic E-state index is 0.322. The number of carbonyl (C=O) groups is 1. The molecular weight excluding hydrogens is 150 g/mol. The molecule has 2 heteroatoms. The number of hydrogen-bond acceptors (Lipinski definition) is 2. The van der Waals surface area contributed by atoms with Gasteiger partial charge in [-0.3, -0.25) is 4.79 Å². The lowest BCUT2D eigenvalue weighted by atomic mass is 9.99. The maximum Gasteiger partial charge on any atom is 0.137 e. The van der Waals surface area contributed by atoms with Gasteiger partial charge < -0.3 is 4.90 Å². The van der Waals surface area contributed by atoms with E-state index < -0.39 is 0 Å². The van der Waals surface area contributed by atoms with Gasteiger partial charge in [-0.15, -0.1) is 0 Å². The summed E-state index contributed by atoms with van der Waals surface area (Å²) in [5.74, 6) is 0.809. The Balaban J connectivity index is 2.42. The Morgan fingerprint density at radius 2 is 2.08 bits per heavy atom. The van der Waals surface area contributed by atoms with Gasteiger partial charge in [0, 0.05) is 18.9 Å². The molecule has 1 aliphatic carbocycles. The molecule has 0 heterocycles. The van der Waals surface area contributed by atoms with E-state index in [2.05, 4.69) is 4.90 Å². The Hall–Kier alpha value is -0.370. The molecular formula is C10H19NO. The fourth-order valence-corrected chi connectivity index (χ4v) is 1.87. The highest BCUT2D eigenvalue weighted by molar-refractivity contribution is 5.81. The first-order chi connectivity index (χ1) is 5.70. The summed E-state index contributed by atoms with van der Waals surface area (Å²) in [6, 6.07) is 0. The molecule has 1 fully saturated rings. The van der Waals surface area contributed by atoms with E-state index in [-0.39, 0.29) is 0 Å². The Labute approximate surface area is 74.9 Å². The second-order valence-electron chi connectivity index (χ2n) is 4.02. The lowest BCUT2D eigenvalue weighted by molar-refractivity contribution is -0.123. The van der Waals surface area contributed by atoms with Crippen LogP contribution in [0.4, 0.5) is 0 Å². The highest BCUT2D eigenvalue weighted by Gasteiger charge is 2.20. The fourth-order valence-electron chi connectivity index (χ4n) is 1.87. The van der Waals surface area contributed by atoms with Gasteiger partial charge in [0.1, 0.15) is 5.78 Å². The van der Waals surface area contributed by atoms with E-state index in [4.69, 9.17) is 0 Å². The smallest absolute Gasteiger partial charge is 0.137 e. The number of carbonyl (C=O) groups excluding carboxylic acids is 1. The first-order valence-corrected chi connectivity index (χ1v) is 4.87. The van der Waals surface area contributed by atoms with Crippen LogP contribution in [0.2, 0.25) is 0 Å². The number of rotatable bonds is 2. The zero-order chi connectivity index (χ0) is 8.97. The molecule has 0 saturated heterocycles. The normalized spacial score (nSPS) is 25.9. The van der Waals surface area contributed by atoms with Crippen LogP contribution in [-0.2, 0) is 4.79 Å². The van der Waals surface area contributed by atoms with Gasteiger partial charge in [-0.2, -0.15) is 0 Å². The van der Waals surface area contributed by atoms with E-state index in [1.807, 2.05) is 14.1 Å². The molecule has 1 aliphatic rings. The van der Waals surface area contributed by atoms with Crippen LogP contribution in [-0.4, -0.2) is 31.3 Å². The SMILES string of the molecule is CN(C)CC1CCCCCC1=O. The molecule has 1 rings (SSSR count). The molecule has 0 spiro atoms. The van der Waals surface area contributed by atoms with E-state index in [9.17, 15) is 4.79 Å². The van der Waals surface area contributed by atoms with Crippen LogP contribution in [0.25, 0.3) is 0 Å². The van der Waals surface area contributed by atoms with Crippen molar-refractivity contribution in [3.63, 3.8) is 0 Å². The standard InChI is InChI=1S/C10H19NO/c1-11(2)8-9-6-4-3-5-7-10(9)12/h9H,3-8H2,1-2H3. The minimum atomic E-state index is 0.322. The van der Waals surface area contributed by atoms with E-state index in [1.165, 1.54) is 12.8 Å². The van der Waals surface area contributed by atoms with Crippen LogP contribution in [0.1, 0.15) is 32.1 Å². The molecule has 0 N–H and O–H groups in total. The van der Waals surface area contributed by atoms with Crippen LogP contribution < -0.4 is 0 Å². The molecule has 1 atom stereocenters. The quantitative estimate of drug-likeness (QED) is 0.586. The predicted molar refractivity (Wildman–Crippen MR) is 50.1 cm³/mol. The van der Waals surface area contributed by atoms with Crippen molar-refractivity contribution < 1.29 is 4.79 Å². The van der Waals surface area contributed by atoms with Gasteiger partial charge in [0.25, 0.3) is 0 Å². The van der Waals surface area contributed by atoms with Crippen LogP contribution in [0.3, 0.4) is 0 Å². The van der Waals surface area contributed by atoms with Crippen LogP contribution in [0, 0.1) is 5.92 Å². The first-order valence-electron chi connectivity index (χ1n) is 4.87. The van der Waals surface area contributed by atoms with Crippen LogP contribution >= 0.6 is 0 Å². The highest BCUT2D eigenvalue weighted by Crippen LogP contribution is 2.20. The summed E-state index contributed by atoms with van der Waals surface area (Å²) in [5, 5.41) is 0. The summed E-state index contributed by atoms with van der Waals surface area (Å²) in [6.07, 6.45) is 5.53. The Kier molecular flexibility index (Phi) is 3.73. The van der Waals surface area contributed by atoms with Crippen molar-refractivity contribution in [1.82, 2.24) is 4.90 Å². The zero-order valence-corrected chi connectivity index (χ0v) is 8.18. The van der Waals surface area contributed by atoms with Crippen molar-refractivity contribution in [2.75, 3.05) is 20.6 Å². The molecule has 2 nitrogen and oxygen atoms in total. The zero-order valence-electron chi connectivity index (χ0n) is 8.18. The Bertz CT molecular complexity index is 154. The molecule has 12 heavy (non-hydrogen) atoms. The minimum Gasteiger partial charge on any atom is -0.309 e. The average molecular weight is 169 g/mol. The largest absolute Gasteiger partial charge is 0.309 e. The highest BCUT2D eigenvalue weighted by atomic mass is 16.1. The Morgan fingerprint density at radius 3 is 2.75 bits per heavy atom. The summed E-state index contributed by atoms with van der Waals surface area (Å²) in [4.78, 5) is 13.6. The summed E-state index contributed by atoms with van der Waals surface area (Å²) in [5.41, 5.74) is 0. The van der Waals surface area contributed by atoms with Crippen molar-refractivity contribution in [2.45, 2.75) is 32.1 Å².